The zero-order chi connectivity index (χ0) is 20.0. The van der Waals surface area contributed by atoms with E-state index < -0.39 is 34.2 Å². The number of nitro groups is 1. The van der Waals surface area contributed by atoms with Gasteiger partial charge in [0.25, 0.3) is 11.6 Å². The van der Waals surface area contributed by atoms with E-state index in [1.54, 1.807) is 6.07 Å². The standard InChI is InChI=1S/C16H11ClF3N3O4/c17-13-6-5-11(7-12(13)16(18,19)20)22-15(24)9-27-21-8-10-3-1-2-4-14(10)23(25)26/h1-8H,9H2,(H,22,24)/b21-8+. The second-order valence-electron chi connectivity index (χ2n) is 5.06. The van der Waals surface area contributed by atoms with Crippen LogP contribution >= 0.6 is 11.6 Å². The van der Waals surface area contributed by atoms with Crippen LogP contribution in [0.4, 0.5) is 24.5 Å². The maximum atomic E-state index is 12.8. The number of para-hydroxylation sites is 1. The Morgan fingerprint density at radius 1 is 1.30 bits per heavy atom. The van der Waals surface area contributed by atoms with Crippen LogP contribution in [0.1, 0.15) is 11.1 Å². The highest BCUT2D eigenvalue weighted by atomic mass is 35.5. The summed E-state index contributed by atoms with van der Waals surface area (Å²) in [7, 11) is 0. The second kappa shape index (κ2) is 8.49. The van der Waals surface area contributed by atoms with Crippen LogP contribution in [0, 0.1) is 10.1 Å². The van der Waals surface area contributed by atoms with E-state index >= 15 is 0 Å². The highest BCUT2D eigenvalue weighted by molar-refractivity contribution is 6.31. The molecule has 2 aromatic carbocycles. The van der Waals surface area contributed by atoms with Crippen molar-refractivity contribution in [2.45, 2.75) is 6.18 Å². The Morgan fingerprint density at radius 3 is 2.67 bits per heavy atom. The molecule has 0 saturated carbocycles. The van der Waals surface area contributed by atoms with Crippen molar-refractivity contribution in [1.29, 1.82) is 0 Å². The molecule has 0 aliphatic carbocycles. The number of amides is 1. The van der Waals surface area contributed by atoms with Crippen molar-refractivity contribution in [2.75, 3.05) is 11.9 Å². The molecule has 0 aliphatic rings. The lowest BCUT2D eigenvalue weighted by molar-refractivity contribution is -0.385. The number of alkyl halides is 3. The quantitative estimate of drug-likeness (QED) is 0.444. The highest BCUT2D eigenvalue weighted by Crippen LogP contribution is 2.36. The van der Waals surface area contributed by atoms with Gasteiger partial charge in [0.1, 0.15) is 0 Å². The van der Waals surface area contributed by atoms with Gasteiger partial charge >= 0.3 is 6.18 Å². The summed E-state index contributed by atoms with van der Waals surface area (Å²) in [4.78, 5) is 26.7. The van der Waals surface area contributed by atoms with Crippen LogP contribution in [0.15, 0.2) is 47.6 Å². The van der Waals surface area contributed by atoms with Gasteiger partial charge in [-0.25, -0.2) is 0 Å². The van der Waals surface area contributed by atoms with Crippen molar-refractivity contribution in [3.63, 3.8) is 0 Å². The summed E-state index contributed by atoms with van der Waals surface area (Å²) in [6.45, 7) is -0.610. The zero-order valence-corrected chi connectivity index (χ0v) is 14.1. The molecular formula is C16H11ClF3N3O4. The zero-order valence-electron chi connectivity index (χ0n) is 13.4. The summed E-state index contributed by atoms with van der Waals surface area (Å²) >= 11 is 5.49. The number of carbonyl (C=O) groups is 1. The van der Waals surface area contributed by atoms with Crippen LogP contribution in [-0.2, 0) is 15.8 Å². The predicted octanol–water partition coefficient (Wildman–Crippen LogP) is 4.26. The van der Waals surface area contributed by atoms with Gasteiger partial charge in [-0.1, -0.05) is 28.9 Å². The van der Waals surface area contributed by atoms with Crippen LogP contribution in [0.5, 0.6) is 0 Å². The van der Waals surface area contributed by atoms with E-state index in [9.17, 15) is 28.1 Å². The number of hydrogen-bond donors (Lipinski definition) is 1. The smallest absolute Gasteiger partial charge is 0.386 e. The average molecular weight is 402 g/mol. The van der Waals surface area contributed by atoms with Gasteiger partial charge in [0, 0.05) is 11.8 Å². The molecule has 0 fully saturated rings. The third-order valence-electron chi connectivity index (χ3n) is 3.15. The van der Waals surface area contributed by atoms with Gasteiger partial charge in [0.2, 0.25) is 0 Å². The van der Waals surface area contributed by atoms with E-state index in [2.05, 4.69) is 10.5 Å². The summed E-state index contributed by atoms with van der Waals surface area (Å²) in [5.74, 6) is -0.773. The van der Waals surface area contributed by atoms with Crippen molar-refractivity contribution in [3.05, 3.63) is 68.7 Å². The number of benzene rings is 2. The fourth-order valence-corrected chi connectivity index (χ4v) is 2.19. The molecule has 1 N–H and O–H groups in total. The Bertz CT molecular complexity index is 887. The highest BCUT2D eigenvalue weighted by Gasteiger charge is 2.33. The summed E-state index contributed by atoms with van der Waals surface area (Å²) < 4.78 is 38.3. The minimum absolute atomic E-state index is 0.122. The molecule has 2 rings (SSSR count). The lowest BCUT2D eigenvalue weighted by Gasteiger charge is -2.11. The third-order valence-corrected chi connectivity index (χ3v) is 3.48. The van der Waals surface area contributed by atoms with Gasteiger partial charge in [-0.3, -0.25) is 14.9 Å². The second-order valence-corrected chi connectivity index (χ2v) is 5.47. The summed E-state index contributed by atoms with van der Waals surface area (Å²) in [5.41, 5.74) is -1.24. The SMILES string of the molecule is O=C(CO/N=C/c1ccccc1[N+](=O)[O-])Nc1ccc(Cl)c(C(F)(F)F)c1. The lowest BCUT2D eigenvalue weighted by atomic mass is 10.2. The van der Waals surface area contributed by atoms with E-state index in [0.29, 0.717) is 6.07 Å². The van der Waals surface area contributed by atoms with Gasteiger partial charge in [-0.05, 0) is 24.3 Å². The van der Waals surface area contributed by atoms with Crippen LogP contribution in [-0.4, -0.2) is 23.7 Å². The third kappa shape index (κ3) is 5.68. The number of nitro benzene ring substituents is 1. The molecule has 0 aliphatic heterocycles. The molecule has 7 nitrogen and oxygen atoms in total. The van der Waals surface area contributed by atoms with Crippen LogP contribution < -0.4 is 5.32 Å². The Hall–Kier alpha value is -3.14. The number of nitrogens with zero attached hydrogens (tertiary/aromatic N) is 2. The topological polar surface area (TPSA) is 93.8 Å². The summed E-state index contributed by atoms with van der Waals surface area (Å²) in [6.07, 6.45) is -3.61. The number of carbonyl (C=O) groups excluding carboxylic acids is 1. The van der Waals surface area contributed by atoms with Crippen molar-refractivity contribution in [1.82, 2.24) is 0 Å². The Kier molecular flexibility index (Phi) is 6.35. The molecule has 1 amide bonds. The first-order valence-corrected chi connectivity index (χ1v) is 7.61. The molecule has 0 bridgehead atoms. The van der Waals surface area contributed by atoms with Gasteiger partial charge in [0.05, 0.1) is 27.3 Å². The number of rotatable bonds is 6. The largest absolute Gasteiger partial charge is 0.417 e. The number of anilines is 1. The van der Waals surface area contributed by atoms with Gasteiger partial charge < -0.3 is 10.2 Å². The fraction of sp³-hybridized carbons (Fsp3) is 0.125. The van der Waals surface area contributed by atoms with Crippen molar-refractivity contribution in [2.24, 2.45) is 5.16 Å². The van der Waals surface area contributed by atoms with E-state index in [-0.39, 0.29) is 16.9 Å². The van der Waals surface area contributed by atoms with Crippen LogP contribution in [0.25, 0.3) is 0 Å². The van der Waals surface area contributed by atoms with E-state index in [4.69, 9.17) is 16.4 Å². The molecule has 0 atom stereocenters. The van der Waals surface area contributed by atoms with E-state index in [1.165, 1.54) is 24.3 Å². The molecular weight excluding hydrogens is 391 g/mol. The maximum absolute atomic E-state index is 12.8. The van der Waals surface area contributed by atoms with Gasteiger partial charge in [-0.2, -0.15) is 13.2 Å². The van der Waals surface area contributed by atoms with Gasteiger partial charge in [0.15, 0.2) is 6.61 Å². The molecule has 0 radical (unpaired) electrons. The van der Waals surface area contributed by atoms with Crippen LogP contribution in [0.2, 0.25) is 5.02 Å². The first-order valence-electron chi connectivity index (χ1n) is 7.24. The molecule has 0 aromatic heterocycles. The molecule has 2 aromatic rings. The predicted molar refractivity (Wildman–Crippen MR) is 91.7 cm³/mol. The molecule has 0 unspecified atom stereocenters. The number of halogens is 4. The van der Waals surface area contributed by atoms with E-state index in [0.717, 1.165) is 12.3 Å². The number of nitrogens with one attached hydrogen (secondary N) is 1. The first-order chi connectivity index (χ1) is 12.7. The van der Waals surface area contributed by atoms with Gasteiger partial charge in [-0.15, -0.1) is 0 Å². The summed E-state index contributed by atoms with van der Waals surface area (Å²) in [6, 6.07) is 8.63. The number of hydrogen-bond acceptors (Lipinski definition) is 5. The Labute approximate surface area is 155 Å². The van der Waals surface area contributed by atoms with E-state index in [1.807, 2.05) is 0 Å². The maximum Gasteiger partial charge on any atom is 0.417 e. The van der Waals surface area contributed by atoms with Crippen LogP contribution in [0.3, 0.4) is 0 Å². The first kappa shape index (κ1) is 20.2. The molecule has 0 saturated heterocycles. The molecule has 0 spiro atoms. The molecule has 142 valence electrons. The Balaban J connectivity index is 1.95. The monoisotopic (exact) mass is 401 g/mol. The minimum atomic E-state index is -4.66. The molecule has 27 heavy (non-hydrogen) atoms. The Morgan fingerprint density at radius 2 is 2.00 bits per heavy atom. The van der Waals surface area contributed by atoms with Crippen molar-refractivity contribution in [3.8, 4) is 0 Å². The van der Waals surface area contributed by atoms with Crippen molar-refractivity contribution >= 4 is 35.1 Å². The fourth-order valence-electron chi connectivity index (χ4n) is 1.97. The minimum Gasteiger partial charge on any atom is -0.386 e. The molecule has 11 heteroatoms. The average Bonchev–Trinajstić information content (AvgIpc) is 2.59. The number of oxime groups is 1. The van der Waals surface area contributed by atoms with Crippen molar-refractivity contribution < 1.29 is 27.7 Å². The normalized spacial score (nSPS) is 11.4. The summed E-state index contributed by atoms with van der Waals surface area (Å²) in [5, 5.41) is 16.0. The lowest BCUT2D eigenvalue weighted by Crippen LogP contribution is -2.17. The molecule has 0 heterocycles.